The van der Waals surface area contributed by atoms with Crippen molar-refractivity contribution < 1.29 is 0 Å². The van der Waals surface area contributed by atoms with Crippen molar-refractivity contribution in [1.82, 2.24) is 4.90 Å². The molecule has 1 aromatic rings. The number of halogens is 1. The first-order valence-corrected chi connectivity index (χ1v) is 6.01. The molecule has 0 atom stereocenters. The summed E-state index contributed by atoms with van der Waals surface area (Å²) in [7, 11) is 0. The lowest BCUT2D eigenvalue weighted by atomic mass is 10.2. The number of likely N-dealkylation sites (N-methyl/N-ethyl adjacent to an activating group) is 1. The van der Waals surface area contributed by atoms with Crippen LogP contribution >= 0.6 is 22.6 Å². The third-order valence-corrected chi connectivity index (χ3v) is 2.93. The van der Waals surface area contributed by atoms with Crippen molar-refractivity contribution in [1.29, 1.82) is 0 Å². The fraction of sp³-hybridized carbons (Fsp3) is 0.455. The third kappa shape index (κ3) is 3.94. The Bertz CT molecular complexity index is 258. The zero-order chi connectivity index (χ0) is 10.4. The van der Waals surface area contributed by atoms with Gasteiger partial charge < -0.3 is 5.73 Å². The number of hydrogen-bond donors (Lipinski definition) is 1. The molecule has 0 aliphatic rings. The first-order valence-electron chi connectivity index (χ1n) is 4.93. The summed E-state index contributed by atoms with van der Waals surface area (Å²) in [5.41, 5.74) is 6.90. The smallest absolute Gasteiger partial charge is 0.0234 e. The van der Waals surface area contributed by atoms with E-state index in [1.54, 1.807) is 0 Å². The van der Waals surface area contributed by atoms with E-state index < -0.39 is 0 Å². The molecular formula is C11H17IN2. The standard InChI is InChI=1S/C11H17IN2/c1-2-14(8-7-13)9-10-3-5-11(12)6-4-10/h3-6H,2,7-9,13H2,1H3. The van der Waals surface area contributed by atoms with Gasteiger partial charge in [0.2, 0.25) is 0 Å². The van der Waals surface area contributed by atoms with E-state index >= 15 is 0 Å². The average molecular weight is 304 g/mol. The molecule has 78 valence electrons. The van der Waals surface area contributed by atoms with Crippen LogP contribution in [0.3, 0.4) is 0 Å². The van der Waals surface area contributed by atoms with Gasteiger partial charge in [-0.25, -0.2) is 0 Å². The van der Waals surface area contributed by atoms with E-state index in [1.807, 2.05) is 0 Å². The molecule has 14 heavy (non-hydrogen) atoms. The van der Waals surface area contributed by atoms with E-state index in [-0.39, 0.29) is 0 Å². The van der Waals surface area contributed by atoms with Crippen molar-refractivity contribution in [2.45, 2.75) is 13.5 Å². The molecule has 1 rings (SSSR count). The summed E-state index contributed by atoms with van der Waals surface area (Å²) in [6, 6.07) is 8.65. The first kappa shape index (κ1) is 11.9. The van der Waals surface area contributed by atoms with Crippen LogP contribution in [0.5, 0.6) is 0 Å². The Balaban J connectivity index is 2.53. The Kier molecular flexibility index (Phi) is 5.44. The molecule has 3 heteroatoms. The summed E-state index contributed by atoms with van der Waals surface area (Å²) in [6.45, 7) is 5.94. The monoisotopic (exact) mass is 304 g/mol. The Labute approximate surface area is 99.6 Å². The molecule has 0 aliphatic heterocycles. The zero-order valence-electron chi connectivity index (χ0n) is 8.54. The number of nitrogens with two attached hydrogens (primary N) is 1. The van der Waals surface area contributed by atoms with E-state index in [9.17, 15) is 0 Å². The van der Waals surface area contributed by atoms with Gasteiger partial charge in [-0.15, -0.1) is 0 Å². The van der Waals surface area contributed by atoms with Crippen LogP contribution in [0.15, 0.2) is 24.3 Å². The Morgan fingerprint density at radius 1 is 1.29 bits per heavy atom. The highest BCUT2D eigenvalue weighted by molar-refractivity contribution is 14.1. The summed E-state index contributed by atoms with van der Waals surface area (Å²) in [4.78, 5) is 2.35. The van der Waals surface area contributed by atoms with Crippen LogP contribution < -0.4 is 5.73 Å². The van der Waals surface area contributed by atoms with E-state index in [4.69, 9.17) is 5.73 Å². The second-order valence-electron chi connectivity index (χ2n) is 3.28. The van der Waals surface area contributed by atoms with Crippen LogP contribution in [0, 0.1) is 3.57 Å². The minimum atomic E-state index is 0.734. The van der Waals surface area contributed by atoms with Crippen molar-refractivity contribution in [2.75, 3.05) is 19.6 Å². The number of rotatable bonds is 5. The van der Waals surface area contributed by atoms with Gasteiger partial charge in [0.05, 0.1) is 0 Å². The van der Waals surface area contributed by atoms with Crippen LogP contribution in [0.4, 0.5) is 0 Å². The van der Waals surface area contributed by atoms with Crippen LogP contribution in [0.25, 0.3) is 0 Å². The molecule has 2 N–H and O–H groups in total. The molecule has 0 saturated carbocycles. The molecule has 0 amide bonds. The Hall–Kier alpha value is -0.130. The van der Waals surface area contributed by atoms with Crippen LogP contribution in [0.2, 0.25) is 0 Å². The molecule has 0 bridgehead atoms. The topological polar surface area (TPSA) is 29.3 Å². The summed E-state index contributed by atoms with van der Waals surface area (Å²) < 4.78 is 1.29. The minimum Gasteiger partial charge on any atom is -0.329 e. The quantitative estimate of drug-likeness (QED) is 0.844. The number of nitrogens with zero attached hydrogens (tertiary/aromatic N) is 1. The fourth-order valence-corrected chi connectivity index (χ4v) is 1.74. The van der Waals surface area contributed by atoms with E-state index in [1.165, 1.54) is 9.13 Å². The molecule has 2 nitrogen and oxygen atoms in total. The molecule has 0 heterocycles. The maximum Gasteiger partial charge on any atom is 0.0234 e. The number of benzene rings is 1. The SMILES string of the molecule is CCN(CCN)Cc1ccc(I)cc1. The predicted octanol–water partition coefficient (Wildman–Crippen LogP) is 2.07. The van der Waals surface area contributed by atoms with Crippen molar-refractivity contribution in [2.24, 2.45) is 5.73 Å². The molecule has 0 fully saturated rings. The molecule has 0 unspecified atom stereocenters. The summed E-state index contributed by atoms with van der Waals surface area (Å²) in [5.74, 6) is 0. The van der Waals surface area contributed by atoms with E-state index in [0.29, 0.717) is 0 Å². The summed E-state index contributed by atoms with van der Waals surface area (Å²) in [6.07, 6.45) is 0. The van der Waals surface area contributed by atoms with Crippen molar-refractivity contribution in [3.63, 3.8) is 0 Å². The predicted molar refractivity (Wildman–Crippen MR) is 69.2 cm³/mol. The van der Waals surface area contributed by atoms with Crippen LogP contribution in [0.1, 0.15) is 12.5 Å². The molecular weight excluding hydrogens is 287 g/mol. The Morgan fingerprint density at radius 3 is 2.43 bits per heavy atom. The largest absolute Gasteiger partial charge is 0.329 e. The molecule has 0 spiro atoms. The first-order chi connectivity index (χ1) is 6.76. The summed E-state index contributed by atoms with van der Waals surface area (Å²) in [5, 5.41) is 0. The molecule has 1 aromatic carbocycles. The van der Waals surface area contributed by atoms with Crippen molar-refractivity contribution >= 4 is 22.6 Å². The molecule has 0 aromatic heterocycles. The van der Waals surface area contributed by atoms with Gasteiger partial charge in [0.25, 0.3) is 0 Å². The van der Waals surface area contributed by atoms with Gasteiger partial charge in [0.15, 0.2) is 0 Å². The van der Waals surface area contributed by atoms with Gasteiger partial charge in [-0.1, -0.05) is 19.1 Å². The zero-order valence-corrected chi connectivity index (χ0v) is 10.7. The highest BCUT2D eigenvalue weighted by atomic mass is 127. The fourth-order valence-electron chi connectivity index (χ4n) is 1.38. The second kappa shape index (κ2) is 6.37. The second-order valence-corrected chi connectivity index (χ2v) is 4.53. The van der Waals surface area contributed by atoms with Crippen LogP contribution in [-0.2, 0) is 6.54 Å². The molecule has 0 radical (unpaired) electrons. The maximum atomic E-state index is 5.54. The van der Waals surface area contributed by atoms with Gasteiger partial charge in [0, 0.05) is 23.2 Å². The Morgan fingerprint density at radius 2 is 1.93 bits per heavy atom. The van der Waals surface area contributed by atoms with Gasteiger partial charge >= 0.3 is 0 Å². The van der Waals surface area contributed by atoms with E-state index in [0.717, 1.165) is 26.2 Å². The number of hydrogen-bond acceptors (Lipinski definition) is 2. The van der Waals surface area contributed by atoms with Crippen LogP contribution in [-0.4, -0.2) is 24.5 Å². The summed E-state index contributed by atoms with van der Waals surface area (Å²) >= 11 is 2.32. The average Bonchev–Trinajstić information content (AvgIpc) is 2.20. The van der Waals surface area contributed by atoms with Crippen molar-refractivity contribution in [3.8, 4) is 0 Å². The van der Waals surface area contributed by atoms with Crippen molar-refractivity contribution in [3.05, 3.63) is 33.4 Å². The highest BCUT2D eigenvalue weighted by Gasteiger charge is 2.01. The van der Waals surface area contributed by atoms with E-state index in [2.05, 4.69) is 58.7 Å². The lowest BCUT2D eigenvalue weighted by Gasteiger charge is -2.19. The molecule has 0 aliphatic carbocycles. The third-order valence-electron chi connectivity index (χ3n) is 2.21. The molecule has 0 saturated heterocycles. The minimum absolute atomic E-state index is 0.734. The van der Waals surface area contributed by atoms with Gasteiger partial charge in [-0.05, 0) is 46.8 Å². The van der Waals surface area contributed by atoms with Gasteiger partial charge in [-0.3, -0.25) is 4.90 Å². The lowest BCUT2D eigenvalue weighted by Crippen LogP contribution is -2.28. The maximum absolute atomic E-state index is 5.54. The highest BCUT2D eigenvalue weighted by Crippen LogP contribution is 2.08. The lowest BCUT2D eigenvalue weighted by molar-refractivity contribution is 0.288. The van der Waals surface area contributed by atoms with Gasteiger partial charge in [0.1, 0.15) is 0 Å². The van der Waals surface area contributed by atoms with Gasteiger partial charge in [-0.2, -0.15) is 0 Å². The normalized spacial score (nSPS) is 10.9.